The highest BCUT2D eigenvalue weighted by Crippen LogP contribution is 2.23. The summed E-state index contributed by atoms with van der Waals surface area (Å²) >= 11 is 0. The van der Waals surface area contributed by atoms with Crippen LogP contribution in [0.2, 0.25) is 0 Å². The topological polar surface area (TPSA) is 66.4 Å². The Morgan fingerprint density at radius 3 is 2.41 bits per heavy atom. The number of hydrogen-bond donors (Lipinski definition) is 2. The van der Waals surface area contributed by atoms with Crippen molar-refractivity contribution in [3.63, 3.8) is 0 Å². The lowest BCUT2D eigenvalue weighted by molar-refractivity contribution is 0.108. The van der Waals surface area contributed by atoms with Gasteiger partial charge in [0.15, 0.2) is 9.84 Å². The van der Waals surface area contributed by atoms with Crippen LogP contribution in [0.1, 0.15) is 39.5 Å². The molecule has 1 atom stereocenters. The Morgan fingerprint density at radius 1 is 1.29 bits per heavy atom. The van der Waals surface area contributed by atoms with Gasteiger partial charge in [-0.2, -0.15) is 0 Å². The zero-order valence-corrected chi connectivity index (χ0v) is 11.7. The summed E-state index contributed by atoms with van der Waals surface area (Å²) in [5.74, 6) is 1.03. The van der Waals surface area contributed by atoms with E-state index in [1.807, 2.05) is 6.92 Å². The number of sulfone groups is 1. The summed E-state index contributed by atoms with van der Waals surface area (Å²) in [6.07, 6.45) is 3.73. The van der Waals surface area contributed by atoms with E-state index in [1.54, 1.807) is 6.92 Å². The number of nitrogens with one attached hydrogen (secondary N) is 1. The van der Waals surface area contributed by atoms with E-state index in [0.717, 1.165) is 32.2 Å². The van der Waals surface area contributed by atoms with E-state index in [9.17, 15) is 13.5 Å². The Labute approximate surface area is 105 Å². The van der Waals surface area contributed by atoms with Gasteiger partial charge in [0.05, 0.1) is 11.9 Å². The molecule has 2 N–H and O–H groups in total. The molecule has 1 aliphatic carbocycles. The van der Waals surface area contributed by atoms with Crippen LogP contribution in [0.3, 0.4) is 0 Å². The van der Waals surface area contributed by atoms with Gasteiger partial charge in [0.1, 0.15) is 0 Å². The molecule has 0 aliphatic heterocycles. The third-order valence-electron chi connectivity index (χ3n) is 3.52. The largest absolute Gasteiger partial charge is 0.393 e. The third-order valence-corrected chi connectivity index (χ3v) is 5.40. The molecule has 0 saturated heterocycles. The molecular formula is C12H25NO3S. The van der Waals surface area contributed by atoms with Crippen molar-refractivity contribution in [2.45, 2.75) is 51.7 Å². The summed E-state index contributed by atoms with van der Waals surface area (Å²) in [5.41, 5.74) is 0. The van der Waals surface area contributed by atoms with Crippen LogP contribution in [-0.2, 0) is 9.84 Å². The van der Waals surface area contributed by atoms with E-state index in [0.29, 0.717) is 5.92 Å². The molecule has 0 aromatic carbocycles. The first-order chi connectivity index (χ1) is 7.93. The fourth-order valence-corrected chi connectivity index (χ4v) is 3.39. The van der Waals surface area contributed by atoms with Crippen LogP contribution in [0, 0.1) is 5.92 Å². The second-order valence-electron chi connectivity index (χ2n) is 5.18. The number of hydrogen-bond acceptors (Lipinski definition) is 4. The zero-order chi connectivity index (χ0) is 12.9. The standard InChI is InChI=1S/C12H25NO3S/c1-3-17(15,16)9-10(2)13-8-11-4-6-12(14)7-5-11/h10-14H,3-9H2,1-2H3. The molecule has 1 aliphatic rings. The summed E-state index contributed by atoms with van der Waals surface area (Å²) in [6, 6.07) is 0.0202. The molecule has 1 fully saturated rings. The molecule has 0 amide bonds. The number of rotatable bonds is 6. The summed E-state index contributed by atoms with van der Waals surface area (Å²) in [7, 11) is -2.88. The second-order valence-corrected chi connectivity index (χ2v) is 7.58. The highest BCUT2D eigenvalue weighted by atomic mass is 32.2. The lowest BCUT2D eigenvalue weighted by Crippen LogP contribution is -2.37. The van der Waals surface area contributed by atoms with Crippen molar-refractivity contribution in [2.75, 3.05) is 18.1 Å². The zero-order valence-electron chi connectivity index (χ0n) is 10.9. The fraction of sp³-hybridized carbons (Fsp3) is 1.00. The van der Waals surface area contributed by atoms with Gasteiger partial charge in [-0.25, -0.2) is 8.42 Å². The van der Waals surface area contributed by atoms with E-state index in [4.69, 9.17) is 0 Å². The fourth-order valence-electron chi connectivity index (χ4n) is 2.27. The van der Waals surface area contributed by atoms with E-state index in [-0.39, 0.29) is 23.7 Å². The van der Waals surface area contributed by atoms with Crippen molar-refractivity contribution >= 4 is 9.84 Å². The van der Waals surface area contributed by atoms with Gasteiger partial charge < -0.3 is 10.4 Å². The maximum absolute atomic E-state index is 11.4. The maximum Gasteiger partial charge on any atom is 0.151 e. The van der Waals surface area contributed by atoms with Crippen LogP contribution in [0.25, 0.3) is 0 Å². The first-order valence-corrected chi connectivity index (χ1v) is 8.37. The molecule has 0 radical (unpaired) electrons. The van der Waals surface area contributed by atoms with Gasteiger partial charge in [-0.05, 0) is 45.1 Å². The molecule has 4 nitrogen and oxygen atoms in total. The lowest BCUT2D eigenvalue weighted by Gasteiger charge is -2.26. The van der Waals surface area contributed by atoms with Crippen LogP contribution < -0.4 is 5.32 Å². The molecule has 1 unspecified atom stereocenters. The summed E-state index contributed by atoms with van der Waals surface area (Å²) in [6.45, 7) is 4.47. The lowest BCUT2D eigenvalue weighted by atomic mass is 9.87. The second kappa shape index (κ2) is 6.71. The van der Waals surface area contributed by atoms with Crippen molar-refractivity contribution in [3.05, 3.63) is 0 Å². The highest BCUT2D eigenvalue weighted by molar-refractivity contribution is 7.91. The minimum atomic E-state index is -2.88. The van der Waals surface area contributed by atoms with E-state index < -0.39 is 9.84 Å². The van der Waals surface area contributed by atoms with Crippen molar-refractivity contribution in [1.29, 1.82) is 0 Å². The van der Waals surface area contributed by atoms with Gasteiger partial charge in [0.25, 0.3) is 0 Å². The highest BCUT2D eigenvalue weighted by Gasteiger charge is 2.20. The summed E-state index contributed by atoms with van der Waals surface area (Å²) < 4.78 is 22.9. The van der Waals surface area contributed by atoms with Crippen LogP contribution in [0.4, 0.5) is 0 Å². The molecule has 102 valence electrons. The van der Waals surface area contributed by atoms with Crippen LogP contribution >= 0.6 is 0 Å². The molecular weight excluding hydrogens is 238 g/mol. The van der Waals surface area contributed by atoms with Crippen LogP contribution in [0.5, 0.6) is 0 Å². The normalized spacial score (nSPS) is 27.9. The number of aliphatic hydroxyl groups excluding tert-OH is 1. The van der Waals surface area contributed by atoms with E-state index in [2.05, 4.69) is 5.32 Å². The smallest absolute Gasteiger partial charge is 0.151 e. The van der Waals surface area contributed by atoms with Gasteiger partial charge in [-0.15, -0.1) is 0 Å². The van der Waals surface area contributed by atoms with Gasteiger partial charge in [0.2, 0.25) is 0 Å². The minimum Gasteiger partial charge on any atom is -0.393 e. The maximum atomic E-state index is 11.4. The average molecular weight is 263 g/mol. The van der Waals surface area contributed by atoms with Gasteiger partial charge >= 0.3 is 0 Å². The van der Waals surface area contributed by atoms with E-state index >= 15 is 0 Å². The molecule has 17 heavy (non-hydrogen) atoms. The first kappa shape index (κ1) is 14.9. The van der Waals surface area contributed by atoms with Gasteiger partial charge in [0, 0.05) is 11.8 Å². The molecule has 0 spiro atoms. The molecule has 1 rings (SSSR count). The Kier molecular flexibility index (Phi) is 5.89. The minimum absolute atomic E-state index is 0.0202. The average Bonchev–Trinajstić information content (AvgIpc) is 2.28. The molecule has 5 heteroatoms. The quantitative estimate of drug-likeness (QED) is 0.749. The predicted octanol–water partition coefficient (Wildman–Crippen LogP) is 0.950. The Morgan fingerprint density at radius 2 is 1.88 bits per heavy atom. The molecule has 0 aromatic rings. The van der Waals surface area contributed by atoms with Crippen LogP contribution in [-0.4, -0.2) is 43.7 Å². The molecule has 1 saturated carbocycles. The Balaban J connectivity index is 2.22. The van der Waals surface area contributed by atoms with E-state index in [1.165, 1.54) is 0 Å². The summed E-state index contributed by atoms with van der Waals surface area (Å²) in [5, 5.41) is 12.7. The molecule has 0 heterocycles. The molecule has 0 bridgehead atoms. The van der Waals surface area contributed by atoms with Gasteiger partial charge in [-0.1, -0.05) is 6.92 Å². The van der Waals surface area contributed by atoms with Crippen LogP contribution in [0.15, 0.2) is 0 Å². The van der Waals surface area contributed by atoms with Crippen molar-refractivity contribution in [1.82, 2.24) is 5.32 Å². The van der Waals surface area contributed by atoms with Crippen molar-refractivity contribution in [3.8, 4) is 0 Å². The van der Waals surface area contributed by atoms with Gasteiger partial charge in [-0.3, -0.25) is 0 Å². The van der Waals surface area contributed by atoms with Crippen molar-refractivity contribution in [2.24, 2.45) is 5.92 Å². The molecule has 0 aromatic heterocycles. The monoisotopic (exact) mass is 263 g/mol. The van der Waals surface area contributed by atoms with Crippen molar-refractivity contribution < 1.29 is 13.5 Å². The number of aliphatic hydroxyl groups is 1. The third kappa shape index (κ3) is 5.84. The SMILES string of the molecule is CCS(=O)(=O)CC(C)NCC1CCC(O)CC1. The Bertz CT molecular complexity index is 308. The Hall–Kier alpha value is -0.130. The predicted molar refractivity (Wildman–Crippen MR) is 69.8 cm³/mol. The first-order valence-electron chi connectivity index (χ1n) is 6.55. The summed E-state index contributed by atoms with van der Waals surface area (Å²) in [4.78, 5) is 0.